The minimum absolute atomic E-state index is 0.0884. The Hall–Kier alpha value is -2.94. The molecule has 0 saturated carbocycles. The number of carboxylic acids is 1. The number of ether oxygens (including phenoxy) is 2. The molecule has 1 aliphatic rings. The molecule has 1 N–H and O–H groups in total. The molecular formula is C19H23N3O6. The van der Waals surface area contributed by atoms with Crippen LogP contribution in [-0.2, 0) is 20.7 Å². The first-order chi connectivity index (χ1) is 13.5. The molecule has 1 saturated heterocycles. The van der Waals surface area contributed by atoms with Gasteiger partial charge in [-0.25, -0.2) is 4.79 Å². The monoisotopic (exact) mass is 389 g/mol. The molecule has 1 aliphatic heterocycles. The number of aromatic nitrogens is 2. The van der Waals surface area contributed by atoms with E-state index >= 15 is 0 Å². The number of hydrogen-bond donors (Lipinski definition) is 1. The largest absolute Gasteiger partial charge is 0.494 e. The van der Waals surface area contributed by atoms with Gasteiger partial charge in [0.2, 0.25) is 17.6 Å². The fourth-order valence-electron chi connectivity index (χ4n) is 3.18. The van der Waals surface area contributed by atoms with E-state index in [2.05, 4.69) is 10.1 Å². The van der Waals surface area contributed by atoms with Crippen LogP contribution in [0, 0.1) is 0 Å². The van der Waals surface area contributed by atoms with Gasteiger partial charge in [-0.2, -0.15) is 4.98 Å². The van der Waals surface area contributed by atoms with Gasteiger partial charge in [-0.05, 0) is 31.2 Å². The predicted molar refractivity (Wildman–Crippen MR) is 97.8 cm³/mol. The number of amides is 1. The van der Waals surface area contributed by atoms with Crippen molar-refractivity contribution in [3.63, 3.8) is 0 Å². The summed E-state index contributed by atoms with van der Waals surface area (Å²) >= 11 is 0. The molecule has 0 aliphatic carbocycles. The lowest BCUT2D eigenvalue weighted by Gasteiger charge is -2.20. The van der Waals surface area contributed by atoms with Gasteiger partial charge in [0.05, 0.1) is 12.7 Å². The standard InChI is InChI=1S/C19H23N3O6/c1-3-27-13-6-4-12(5-7-13)18-20-16(28-21-18)8-9-17(23)22-11-14(26-2)10-15(22)19(24)25/h4-7,14-15H,3,8-11H2,1-2H3,(H,24,25). The van der Waals surface area contributed by atoms with E-state index in [0.29, 0.717) is 24.7 Å². The van der Waals surface area contributed by atoms with E-state index in [1.165, 1.54) is 12.0 Å². The lowest BCUT2D eigenvalue weighted by Crippen LogP contribution is -2.40. The number of aryl methyl sites for hydroxylation is 1. The van der Waals surface area contributed by atoms with E-state index < -0.39 is 12.0 Å². The Kier molecular flexibility index (Phi) is 6.25. The molecule has 0 radical (unpaired) electrons. The highest BCUT2D eigenvalue weighted by Gasteiger charge is 2.39. The minimum Gasteiger partial charge on any atom is -0.494 e. The SMILES string of the molecule is CCOc1ccc(-c2noc(CCC(=O)N3CC(OC)CC3C(=O)O)n2)cc1. The van der Waals surface area contributed by atoms with Crippen LogP contribution < -0.4 is 4.74 Å². The van der Waals surface area contributed by atoms with E-state index in [0.717, 1.165) is 11.3 Å². The number of aliphatic carboxylic acids is 1. The Morgan fingerprint density at radius 2 is 2.07 bits per heavy atom. The molecule has 2 unspecified atom stereocenters. The van der Waals surface area contributed by atoms with Gasteiger partial charge in [0.1, 0.15) is 11.8 Å². The van der Waals surface area contributed by atoms with Crippen molar-refractivity contribution in [1.29, 1.82) is 0 Å². The summed E-state index contributed by atoms with van der Waals surface area (Å²) in [5, 5.41) is 13.3. The number of carbonyl (C=O) groups is 2. The van der Waals surface area contributed by atoms with Crippen LogP contribution >= 0.6 is 0 Å². The van der Waals surface area contributed by atoms with E-state index in [1.807, 2.05) is 31.2 Å². The summed E-state index contributed by atoms with van der Waals surface area (Å²) in [6, 6.07) is 6.45. The van der Waals surface area contributed by atoms with Crippen molar-refractivity contribution in [2.45, 2.75) is 38.3 Å². The molecule has 9 heteroatoms. The normalized spacial score (nSPS) is 19.0. The Morgan fingerprint density at radius 3 is 2.71 bits per heavy atom. The molecule has 0 bridgehead atoms. The molecule has 2 heterocycles. The van der Waals surface area contributed by atoms with Crippen molar-refractivity contribution >= 4 is 11.9 Å². The second-order valence-electron chi connectivity index (χ2n) is 6.46. The number of likely N-dealkylation sites (tertiary alicyclic amines) is 1. The maximum atomic E-state index is 12.5. The lowest BCUT2D eigenvalue weighted by molar-refractivity contribution is -0.148. The number of benzene rings is 1. The van der Waals surface area contributed by atoms with E-state index in [-0.39, 0.29) is 31.4 Å². The minimum atomic E-state index is -1.02. The Morgan fingerprint density at radius 1 is 1.32 bits per heavy atom. The molecule has 2 atom stereocenters. The first-order valence-electron chi connectivity index (χ1n) is 9.12. The summed E-state index contributed by atoms with van der Waals surface area (Å²) in [6.07, 6.45) is 0.355. The average molecular weight is 389 g/mol. The van der Waals surface area contributed by atoms with E-state index in [9.17, 15) is 14.7 Å². The van der Waals surface area contributed by atoms with Crippen molar-refractivity contribution in [2.24, 2.45) is 0 Å². The van der Waals surface area contributed by atoms with Crippen LogP contribution in [-0.4, -0.2) is 64.4 Å². The zero-order valence-corrected chi connectivity index (χ0v) is 15.8. The quantitative estimate of drug-likeness (QED) is 0.726. The van der Waals surface area contributed by atoms with Gasteiger partial charge in [0, 0.05) is 38.5 Å². The summed E-state index contributed by atoms with van der Waals surface area (Å²) in [5.41, 5.74) is 0.776. The molecule has 3 rings (SSSR count). The Balaban J connectivity index is 1.59. The number of carbonyl (C=O) groups excluding carboxylic acids is 1. The highest BCUT2D eigenvalue weighted by Crippen LogP contribution is 2.23. The van der Waals surface area contributed by atoms with Gasteiger partial charge in [0.25, 0.3) is 0 Å². The van der Waals surface area contributed by atoms with Crippen LogP contribution in [0.4, 0.5) is 0 Å². The molecule has 1 aromatic heterocycles. The number of rotatable bonds is 8. The van der Waals surface area contributed by atoms with Crippen LogP contribution in [0.3, 0.4) is 0 Å². The number of nitrogens with zero attached hydrogens (tertiary/aromatic N) is 3. The summed E-state index contributed by atoms with van der Waals surface area (Å²) in [6.45, 7) is 2.77. The van der Waals surface area contributed by atoms with Gasteiger partial charge in [0.15, 0.2) is 0 Å². The van der Waals surface area contributed by atoms with E-state index in [1.54, 1.807) is 0 Å². The van der Waals surface area contributed by atoms with Crippen LogP contribution in [0.25, 0.3) is 11.4 Å². The topological polar surface area (TPSA) is 115 Å². The third-order valence-electron chi connectivity index (χ3n) is 4.65. The van der Waals surface area contributed by atoms with Crippen LogP contribution in [0.5, 0.6) is 5.75 Å². The highest BCUT2D eigenvalue weighted by atomic mass is 16.5. The van der Waals surface area contributed by atoms with Crippen LogP contribution in [0.2, 0.25) is 0 Å². The molecule has 28 heavy (non-hydrogen) atoms. The average Bonchev–Trinajstić information content (AvgIpc) is 3.34. The van der Waals surface area contributed by atoms with Crippen molar-refractivity contribution in [2.75, 3.05) is 20.3 Å². The molecule has 150 valence electrons. The summed E-state index contributed by atoms with van der Waals surface area (Å²) in [4.78, 5) is 29.5. The summed E-state index contributed by atoms with van der Waals surface area (Å²) < 4.78 is 15.8. The summed E-state index contributed by atoms with van der Waals surface area (Å²) in [5.74, 6) is 0.214. The van der Waals surface area contributed by atoms with Gasteiger partial charge < -0.3 is 24.0 Å². The first kappa shape index (κ1) is 19.8. The van der Waals surface area contributed by atoms with E-state index in [4.69, 9.17) is 14.0 Å². The molecule has 2 aromatic rings. The van der Waals surface area contributed by atoms with Crippen LogP contribution in [0.1, 0.15) is 25.7 Å². The van der Waals surface area contributed by atoms with Crippen molar-refractivity contribution in [3.8, 4) is 17.1 Å². The zero-order chi connectivity index (χ0) is 20.1. The number of carboxylic acid groups (broad SMARTS) is 1. The molecule has 0 spiro atoms. The first-order valence-corrected chi connectivity index (χ1v) is 9.12. The zero-order valence-electron chi connectivity index (χ0n) is 15.8. The Bertz CT molecular complexity index is 819. The number of hydrogen-bond acceptors (Lipinski definition) is 7. The van der Waals surface area contributed by atoms with Gasteiger partial charge in [-0.15, -0.1) is 0 Å². The van der Waals surface area contributed by atoms with Gasteiger partial charge in [-0.1, -0.05) is 5.16 Å². The smallest absolute Gasteiger partial charge is 0.326 e. The second kappa shape index (κ2) is 8.83. The third kappa shape index (κ3) is 4.48. The molecule has 1 fully saturated rings. The van der Waals surface area contributed by atoms with Crippen molar-refractivity contribution in [3.05, 3.63) is 30.2 Å². The van der Waals surface area contributed by atoms with Gasteiger partial charge >= 0.3 is 5.97 Å². The van der Waals surface area contributed by atoms with Gasteiger partial charge in [-0.3, -0.25) is 4.79 Å². The van der Waals surface area contributed by atoms with Crippen molar-refractivity contribution in [1.82, 2.24) is 15.0 Å². The molecular weight excluding hydrogens is 366 g/mol. The fourth-order valence-corrected chi connectivity index (χ4v) is 3.18. The number of methoxy groups -OCH3 is 1. The molecule has 1 amide bonds. The summed E-state index contributed by atoms with van der Waals surface area (Å²) in [7, 11) is 1.51. The lowest BCUT2D eigenvalue weighted by atomic mass is 10.2. The molecule has 1 aromatic carbocycles. The molecule has 9 nitrogen and oxygen atoms in total. The predicted octanol–water partition coefficient (Wildman–Crippen LogP) is 1.77. The van der Waals surface area contributed by atoms with Crippen molar-refractivity contribution < 1.29 is 28.7 Å². The maximum Gasteiger partial charge on any atom is 0.326 e. The third-order valence-corrected chi connectivity index (χ3v) is 4.65. The van der Waals surface area contributed by atoms with Crippen LogP contribution in [0.15, 0.2) is 28.8 Å². The Labute approximate surface area is 162 Å². The maximum absolute atomic E-state index is 12.5. The highest BCUT2D eigenvalue weighted by molar-refractivity contribution is 5.84. The fraction of sp³-hybridized carbons (Fsp3) is 0.474. The second-order valence-corrected chi connectivity index (χ2v) is 6.46.